The van der Waals surface area contributed by atoms with Crippen LogP contribution >= 0.6 is 15.9 Å². The molecule has 18 heavy (non-hydrogen) atoms. The van der Waals surface area contributed by atoms with Crippen LogP contribution in [0.4, 0.5) is 0 Å². The predicted molar refractivity (Wildman–Crippen MR) is 81.1 cm³/mol. The van der Waals surface area contributed by atoms with Crippen LogP contribution in [0.5, 0.6) is 0 Å². The van der Waals surface area contributed by atoms with Gasteiger partial charge in [0.15, 0.2) is 0 Å². The topological polar surface area (TPSA) is 26.3 Å². The number of unbranched alkanes of at least 4 members (excludes halogenated alkanes) is 9. The van der Waals surface area contributed by atoms with E-state index in [1.54, 1.807) is 0 Å². The molecule has 2 nitrogen and oxygen atoms in total. The van der Waals surface area contributed by atoms with Gasteiger partial charge in [0.25, 0.3) is 0 Å². The van der Waals surface area contributed by atoms with Gasteiger partial charge in [-0.25, -0.2) is 4.79 Å². The van der Waals surface area contributed by atoms with Gasteiger partial charge in [0.1, 0.15) is 0 Å². The lowest BCUT2D eigenvalue weighted by Crippen LogP contribution is -2.01. The van der Waals surface area contributed by atoms with Crippen LogP contribution in [0.3, 0.4) is 0 Å². The molecule has 0 unspecified atom stereocenters. The summed E-state index contributed by atoms with van der Waals surface area (Å²) < 4.78 is 4.91. The molecule has 0 aromatic rings. The third kappa shape index (κ3) is 13.8. The molecule has 0 radical (unpaired) electrons. The first-order valence-electron chi connectivity index (χ1n) is 7.16. The molecule has 0 aliphatic carbocycles. The van der Waals surface area contributed by atoms with E-state index < -0.39 is 0 Å². The molecule has 0 N–H and O–H groups in total. The minimum atomic E-state index is -0.307. The molecule has 0 spiro atoms. The molecule has 0 fully saturated rings. The Morgan fingerprint density at radius 3 is 1.78 bits per heavy atom. The van der Waals surface area contributed by atoms with Crippen LogP contribution in [0.1, 0.15) is 64.2 Å². The second kappa shape index (κ2) is 14.7. The Labute approximate surface area is 120 Å². The average Bonchev–Trinajstić information content (AvgIpc) is 2.39. The molecular weight excluding hydrogens is 292 g/mol. The number of hydrogen-bond donors (Lipinski definition) is 0. The Morgan fingerprint density at radius 2 is 1.33 bits per heavy atom. The van der Waals surface area contributed by atoms with E-state index in [1.807, 2.05) is 0 Å². The van der Waals surface area contributed by atoms with Crippen molar-refractivity contribution in [2.24, 2.45) is 0 Å². The highest BCUT2D eigenvalue weighted by Crippen LogP contribution is 2.11. The van der Waals surface area contributed by atoms with Gasteiger partial charge in [-0.2, -0.15) is 0 Å². The van der Waals surface area contributed by atoms with Crippen LogP contribution in [-0.2, 0) is 9.53 Å². The van der Waals surface area contributed by atoms with Crippen molar-refractivity contribution in [2.45, 2.75) is 64.2 Å². The summed E-state index contributed by atoms with van der Waals surface area (Å²) in [6, 6.07) is 0. The number of carbonyl (C=O) groups is 1. The Kier molecular flexibility index (Phi) is 14.5. The second-order valence-corrected chi connectivity index (χ2v) is 5.39. The van der Waals surface area contributed by atoms with E-state index >= 15 is 0 Å². The molecule has 0 amide bonds. The lowest BCUT2D eigenvalue weighted by atomic mass is 10.1. The quantitative estimate of drug-likeness (QED) is 0.206. The zero-order valence-corrected chi connectivity index (χ0v) is 13.1. The largest absolute Gasteiger partial charge is 0.463 e. The van der Waals surface area contributed by atoms with Crippen molar-refractivity contribution in [3.05, 3.63) is 12.7 Å². The van der Waals surface area contributed by atoms with Crippen LogP contribution in [0.25, 0.3) is 0 Å². The fraction of sp³-hybridized carbons (Fsp3) is 0.800. The first-order valence-corrected chi connectivity index (χ1v) is 8.28. The van der Waals surface area contributed by atoms with Gasteiger partial charge in [0.05, 0.1) is 6.61 Å². The monoisotopic (exact) mass is 318 g/mol. The number of alkyl halides is 1. The molecule has 0 aromatic heterocycles. The van der Waals surface area contributed by atoms with E-state index in [1.165, 1.54) is 57.4 Å². The minimum Gasteiger partial charge on any atom is -0.463 e. The van der Waals surface area contributed by atoms with Crippen molar-refractivity contribution in [1.29, 1.82) is 0 Å². The highest BCUT2D eigenvalue weighted by molar-refractivity contribution is 9.09. The van der Waals surface area contributed by atoms with Gasteiger partial charge in [0.2, 0.25) is 0 Å². The molecule has 0 heterocycles. The first-order chi connectivity index (χ1) is 8.81. The minimum absolute atomic E-state index is 0.307. The standard InChI is InChI=1S/C15H27BrO2/c1-2-15(17)18-14-12-10-8-6-4-3-5-7-9-11-13-16/h2H,1,3-14H2. The van der Waals surface area contributed by atoms with Crippen molar-refractivity contribution < 1.29 is 9.53 Å². The van der Waals surface area contributed by atoms with Crippen LogP contribution < -0.4 is 0 Å². The van der Waals surface area contributed by atoms with E-state index in [9.17, 15) is 4.79 Å². The average molecular weight is 319 g/mol. The van der Waals surface area contributed by atoms with Crippen LogP contribution in [0, 0.1) is 0 Å². The molecule has 0 aromatic carbocycles. The lowest BCUT2D eigenvalue weighted by Gasteiger charge is -2.03. The van der Waals surface area contributed by atoms with Gasteiger partial charge in [-0.1, -0.05) is 73.9 Å². The first kappa shape index (κ1) is 17.7. The fourth-order valence-corrected chi connectivity index (χ4v) is 2.24. The van der Waals surface area contributed by atoms with Crippen LogP contribution in [-0.4, -0.2) is 17.9 Å². The Bertz CT molecular complexity index is 205. The summed E-state index contributed by atoms with van der Waals surface area (Å²) >= 11 is 3.45. The van der Waals surface area contributed by atoms with E-state index in [0.717, 1.165) is 18.2 Å². The van der Waals surface area contributed by atoms with Gasteiger partial charge < -0.3 is 4.74 Å². The van der Waals surface area contributed by atoms with Gasteiger partial charge in [0, 0.05) is 11.4 Å². The summed E-state index contributed by atoms with van der Waals surface area (Å²) in [7, 11) is 0. The third-order valence-electron chi connectivity index (χ3n) is 2.94. The zero-order chi connectivity index (χ0) is 13.5. The molecule has 0 aliphatic rings. The number of rotatable bonds is 13. The van der Waals surface area contributed by atoms with Gasteiger partial charge in [-0.15, -0.1) is 0 Å². The third-order valence-corrected chi connectivity index (χ3v) is 3.50. The Hall–Kier alpha value is -0.310. The highest BCUT2D eigenvalue weighted by atomic mass is 79.9. The molecule has 0 saturated heterocycles. The molecule has 0 aliphatic heterocycles. The maximum Gasteiger partial charge on any atom is 0.330 e. The van der Waals surface area contributed by atoms with Crippen LogP contribution in [0.15, 0.2) is 12.7 Å². The van der Waals surface area contributed by atoms with Crippen molar-refractivity contribution in [1.82, 2.24) is 0 Å². The SMILES string of the molecule is C=CC(=O)OCCCCCCCCCCCCBr. The number of carbonyl (C=O) groups excluding carboxylic acids is 1. The van der Waals surface area contributed by atoms with Crippen molar-refractivity contribution in [3.63, 3.8) is 0 Å². The Balaban J connectivity index is 2.98. The van der Waals surface area contributed by atoms with Gasteiger partial charge in [-0.3, -0.25) is 0 Å². The number of ether oxygens (including phenoxy) is 1. The van der Waals surface area contributed by atoms with Crippen molar-refractivity contribution in [3.8, 4) is 0 Å². The normalized spacial score (nSPS) is 10.3. The fourth-order valence-electron chi connectivity index (χ4n) is 1.84. The summed E-state index contributed by atoms with van der Waals surface area (Å²) in [4.78, 5) is 10.8. The van der Waals surface area contributed by atoms with Crippen molar-refractivity contribution >= 4 is 21.9 Å². The molecule has 106 valence electrons. The maximum absolute atomic E-state index is 10.8. The second-order valence-electron chi connectivity index (χ2n) is 4.60. The van der Waals surface area contributed by atoms with Crippen molar-refractivity contribution in [2.75, 3.05) is 11.9 Å². The van der Waals surface area contributed by atoms with Crippen LogP contribution in [0.2, 0.25) is 0 Å². The van der Waals surface area contributed by atoms with E-state index in [-0.39, 0.29) is 5.97 Å². The molecule has 3 heteroatoms. The number of esters is 1. The summed E-state index contributed by atoms with van der Waals surface area (Å²) in [6.07, 6.45) is 14.1. The lowest BCUT2D eigenvalue weighted by molar-refractivity contribution is -0.137. The zero-order valence-electron chi connectivity index (χ0n) is 11.5. The predicted octanol–water partition coefficient (Wildman–Crippen LogP) is 5.01. The molecule has 0 saturated carbocycles. The van der Waals surface area contributed by atoms with E-state index in [2.05, 4.69) is 22.5 Å². The highest BCUT2D eigenvalue weighted by Gasteiger charge is 1.95. The summed E-state index contributed by atoms with van der Waals surface area (Å²) in [5, 5.41) is 1.14. The van der Waals surface area contributed by atoms with Gasteiger partial charge >= 0.3 is 5.97 Å². The molecule has 0 bridgehead atoms. The summed E-state index contributed by atoms with van der Waals surface area (Å²) in [5.41, 5.74) is 0. The number of hydrogen-bond acceptors (Lipinski definition) is 2. The maximum atomic E-state index is 10.8. The summed E-state index contributed by atoms with van der Waals surface area (Å²) in [6.45, 7) is 3.90. The Morgan fingerprint density at radius 1 is 0.889 bits per heavy atom. The molecule has 0 rings (SSSR count). The van der Waals surface area contributed by atoms with E-state index in [0.29, 0.717) is 6.61 Å². The van der Waals surface area contributed by atoms with E-state index in [4.69, 9.17) is 4.74 Å². The molecular formula is C15H27BrO2. The number of halogens is 1. The summed E-state index contributed by atoms with van der Waals surface area (Å²) in [5.74, 6) is -0.307. The molecule has 0 atom stereocenters. The smallest absolute Gasteiger partial charge is 0.330 e. The van der Waals surface area contributed by atoms with Gasteiger partial charge in [-0.05, 0) is 12.8 Å².